The van der Waals surface area contributed by atoms with E-state index in [1.807, 2.05) is 12.1 Å². The molecule has 5 nitrogen and oxygen atoms in total. The van der Waals surface area contributed by atoms with Gasteiger partial charge in [0.25, 0.3) is 0 Å². The maximum atomic E-state index is 6.38. The molecule has 4 aromatic heterocycles. The lowest BCUT2D eigenvalue weighted by molar-refractivity contribution is 0.670. The van der Waals surface area contributed by atoms with Crippen molar-refractivity contribution in [2.24, 2.45) is 0 Å². The molecule has 12 rings (SSSR count). The predicted octanol–water partition coefficient (Wildman–Crippen LogP) is 12.8. The molecule has 0 aliphatic carbocycles. The van der Waals surface area contributed by atoms with E-state index in [2.05, 4.69) is 183 Å². The highest BCUT2D eigenvalue weighted by Gasteiger charge is 2.21. The Hall–Kier alpha value is -7.37. The second-order valence-electron chi connectivity index (χ2n) is 14.0. The predicted molar refractivity (Wildman–Crippen MR) is 222 cm³/mol. The number of imidazole rings is 2. The van der Waals surface area contributed by atoms with Crippen LogP contribution in [-0.2, 0) is 0 Å². The van der Waals surface area contributed by atoms with E-state index in [1.165, 1.54) is 21.8 Å². The van der Waals surface area contributed by atoms with E-state index in [-0.39, 0.29) is 0 Å². The van der Waals surface area contributed by atoms with Gasteiger partial charge in [0.1, 0.15) is 11.2 Å². The van der Waals surface area contributed by atoms with Crippen LogP contribution in [0.15, 0.2) is 186 Å². The molecule has 0 fully saturated rings. The van der Waals surface area contributed by atoms with E-state index in [4.69, 9.17) is 9.40 Å². The van der Waals surface area contributed by atoms with Crippen LogP contribution in [-0.4, -0.2) is 18.5 Å². The quantitative estimate of drug-likeness (QED) is 0.184. The molecular weight excluding hydrogens is 661 g/mol. The Bertz CT molecular complexity index is 3430. The highest BCUT2D eigenvalue weighted by atomic mass is 16.3. The normalized spacial score (nSPS) is 12.1. The lowest BCUT2D eigenvalue weighted by Gasteiger charge is -2.11. The highest BCUT2D eigenvalue weighted by molar-refractivity contribution is 6.12. The van der Waals surface area contributed by atoms with Crippen molar-refractivity contribution in [3.8, 4) is 33.6 Å². The van der Waals surface area contributed by atoms with Crippen LogP contribution in [0.25, 0.3) is 105 Å². The van der Waals surface area contributed by atoms with E-state index in [9.17, 15) is 0 Å². The average molecular weight is 691 g/mol. The molecule has 0 radical (unpaired) electrons. The molecular formula is C49H30N4O. The van der Waals surface area contributed by atoms with Crippen molar-refractivity contribution in [1.82, 2.24) is 18.5 Å². The number of hydrogen-bond acceptors (Lipinski definition) is 2. The summed E-state index contributed by atoms with van der Waals surface area (Å²) in [7, 11) is 0. The van der Waals surface area contributed by atoms with Gasteiger partial charge < -0.3 is 8.98 Å². The first-order valence-corrected chi connectivity index (χ1v) is 18.3. The molecule has 0 N–H and O–H groups in total. The number of rotatable bonds is 4. The molecule has 8 aromatic carbocycles. The Kier molecular flexibility index (Phi) is 5.99. The molecule has 0 spiro atoms. The lowest BCUT2D eigenvalue weighted by Crippen LogP contribution is -1.94. The number of aromatic nitrogens is 4. The topological polar surface area (TPSA) is 40.3 Å². The minimum Gasteiger partial charge on any atom is -0.455 e. The Labute approximate surface area is 309 Å². The van der Waals surface area contributed by atoms with E-state index < -0.39 is 0 Å². The van der Waals surface area contributed by atoms with Gasteiger partial charge in [0.15, 0.2) is 0 Å². The highest BCUT2D eigenvalue weighted by Crippen LogP contribution is 2.40. The maximum Gasteiger partial charge on any atom is 0.220 e. The second kappa shape index (κ2) is 11.1. The summed E-state index contributed by atoms with van der Waals surface area (Å²) in [4.78, 5) is 5.16. The van der Waals surface area contributed by atoms with Crippen molar-refractivity contribution in [1.29, 1.82) is 0 Å². The molecule has 0 saturated carbocycles. The van der Waals surface area contributed by atoms with Gasteiger partial charge in [-0.25, -0.2) is 4.98 Å². The molecule has 12 aromatic rings. The van der Waals surface area contributed by atoms with Crippen molar-refractivity contribution < 1.29 is 4.42 Å². The van der Waals surface area contributed by atoms with Crippen LogP contribution in [0, 0.1) is 0 Å². The van der Waals surface area contributed by atoms with E-state index in [0.29, 0.717) is 0 Å². The lowest BCUT2D eigenvalue weighted by atomic mass is 10.0. The summed E-state index contributed by atoms with van der Waals surface area (Å²) in [5.41, 5.74) is 15.3. The standard InChI is InChI=1S/C49H30N4O/c1-2-12-33(13-3-1)52-45-22-11-16-35(47(45)53-44-21-8-6-19-41(44)50-49(52)53)32-26-29-43-40(30-32)37-14-4-7-20-42(37)51(43)34-27-24-31(25-28-34)36-17-10-18-39-38-15-5-9-23-46(38)54-48(36)39/h1-30H. The Morgan fingerprint density at radius 3 is 1.94 bits per heavy atom. The first kappa shape index (κ1) is 29.2. The molecule has 0 unspecified atom stereocenters. The summed E-state index contributed by atoms with van der Waals surface area (Å²) in [5, 5.41) is 4.71. The molecule has 0 atom stereocenters. The van der Waals surface area contributed by atoms with Crippen LogP contribution >= 0.6 is 0 Å². The minimum atomic E-state index is 0.905. The van der Waals surface area contributed by atoms with Gasteiger partial charge in [-0.3, -0.25) is 8.97 Å². The molecule has 0 aliphatic rings. The maximum absolute atomic E-state index is 6.38. The van der Waals surface area contributed by atoms with Gasteiger partial charge in [-0.05, 0) is 77.9 Å². The zero-order valence-corrected chi connectivity index (χ0v) is 29.0. The van der Waals surface area contributed by atoms with Crippen LogP contribution in [0.1, 0.15) is 0 Å². The van der Waals surface area contributed by atoms with Crippen LogP contribution in [0.5, 0.6) is 0 Å². The van der Waals surface area contributed by atoms with Gasteiger partial charge in [0.2, 0.25) is 5.78 Å². The van der Waals surface area contributed by atoms with Gasteiger partial charge in [-0.1, -0.05) is 115 Å². The zero-order chi connectivity index (χ0) is 35.3. The fourth-order valence-electron chi connectivity index (χ4n) is 8.69. The van der Waals surface area contributed by atoms with Gasteiger partial charge in [-0.2, -0.15) is 0 Å². The van der Waals surface area contributed by atoms with Gasteiger partial charge in [0, 0.05) is 44.0 Å². The Balaban J connectivity index is 1.04. The molecule has 252 valence electrons. The third-order valence-electron chi connectivity index (χ3n) is 11.1. The zero-order valence-electron chi connectivity index (χ0n) is 29.0. The number of fused-ring (bicyclic) bond motifs is 11. The number of para-hydroxylation sites is 7. The third-order valence-corrected chi connectivity index (χ3v) is 11.1. The summed E-state index contributed by atoms with van der Waals surface area (Å²) in [5.74, 6) is 0.905. The second-order valence-corrected chi connectivity index (χ2v) is 14.0. The summed E-state index contributed by atoms with van der Waals surface area (Å²) < 4.78 is 13.4. The molecule has 5 heteroatoms. The first-order valence-electron chi connectivity index (χ1n) is 18.3. The third kappa shape index (κ3) is 4.06. The molecule has 0 aliphatic heterocycles. The molecule has 0 bridgehead atoms. The SMILES string of the molecule is c1ccc(-n2c3cccc(-c4ccc5c(c4)c4ccccc4n5-c4ccc(-c5cccc6c5oc5ccccc56)cc4)c3n3c4ccccc4nc23)cc1. The molecule has 54 heavy (non-hydrogen) atoms. The van der Waals surface area contributed by atoms with Crippen molar-refractivity contribution in [2.75, 3.05) is 0 Å². The Morgan fingerprint density at radius 1 is 0.407 bits per heavy atom. The number of furan rings is 1. The largest absolute Gasteiger partial charge is 0.455 e. The number of nitrogens with zero attached hydrogens (tertiary/aromatic N) is 4. The molecule has 4 heterocycles. The fourth-order valence-corrected chi connectivity index (χ4v) is 8.69. The van der Waals surface area contributed by atoms with Crippen molar-refractivity contribution in [3.05, 3.63) is 182 Å². The van der Waals surface area contributed by atoms with Crippen LogP contribution < -0.4 is 0 Å². The first-order chi connectivity index (χ1) is 26.8. The summed E-state index contributed by atoms with van der Waals surface area (Å²) in [6, 6.07) is 64.8. The van der Waals surface area contributed by atoms with E-state index in [0.717, 1.165) is 83.4 Å². The van der Waals surface area contributed by atoms with E-state index >= 15 is 0 Å². The van der Waals surface area contributed by atoms with Gasteiger partial charge in [-0.15, -0.1) is 0 Å². The minimum absolute atomic E-state index is 0.905. The van der Waals surface area contributed by atoms with E-state index in [1.54, 1.807) is 0 Å². The Morgan fingerprint density at radius 2 is 1.06 bits per heavy atom. The van der Waals surface area contributed by atoms with Crippen LogP contribution in [0.3, 0.4) is 0 Å². The summed E-state index contributed by atoms with van der Waals surface area (Å²) in [6.07, 6.45) is 0. The number of benzene rings is 8. The van der Waals surface area contributed by atoms with Gasteiger partial charge in [0.05, 0.1) is 33.1 Å². The molecule has 0 amide bonds. The van der Waals surface area contributed by atoms with Crippen molar-refractivity contribution in [3.63, 3.8) is 0 Å². The average Bonchev–Trinajstić information content (AvgIpc) is 3.98. The fraction of sp³-hybridized carbons (Fsp3) is 0. The monoisotopic (exact) mass is 690 g/mol. The molecule has 0 saturated heterocycles. The summed E-state index contributed by atoms with van der Waals surface area (Å²) >= 11 is 0. The van der Waals surface area contributed by atoms with Crippen molar-refractivity contribution >= 4 is 71.6 Å². The van der Waals surface area contributed by atoms with Crippen LogP contribution in [0.2, 0.25) is 0 Å². The smallest absolute Gasteiger partial charge is 0.220 e. The van der Waals surface area contributed by atoms with Crippen LogP contribution in [0.4, 0.5) is 0 Å². The van der Waals surface area contributed by atoms with Crippen molar-refractivity contribution in [2.45, 2.75) is 0 Å². The summed E-state index contributed by atoms with van der Waals surface area (Å²) in [6.45, 7) is 0. The van der Waals surface area contributed by atoms with Gasteiger partial charge >= 0.3 is 0 Å². The number of hydrogen-bond donors (Lipinski definition) is 0.